The number of carbonyl (C=O) groups excluding carboxylic acids is 2. The molecule has 2 heterocycles. The summed E-state index contributed by atoms with van der Waals surface area (Å²) in [4.78, 5) is 29.3. The SMILES string of the molecule is CC(NC(=O)c1ccc(Cl)c(NC(=O)c2cccs2)c1)c1ccncc1. The van der Waals surface area contributed by atoms with Gasteiger partial charge in [-0.1, -0.05) is 17.7 Å². The first-order valence-corrected chi connectivity index (χ1v) is 9.15. The number of aromatic nitrogens is 1. The number of nitrogens with zero attached hydrogens (tertiary/aromatic N) is 1. The zero-order valence-electron chi connectivity index (χ0n) is 13.9. The second-order valence-corrected chi connectivity index (χ2v) is 6.96. The molecule has 0 radical (unpaired) electrons. The van der Waals surface area contributed by atoms with Crippen LogP contribution in [0.4, 0.5) is 5.69 Å². The van der Waals surface area contributed by atoms with Crippen LogP contribution in [-0.2, 0) is 0 Å². The van der Waals surface area contributed by atoms with E-state index in [4.69, 9.17) is 11.6 Å². The van der Waals surface area contributed by atoms with Crippen molar-refractivity contribution in [2.75, 3.05) is 5.32 Å². The summed E-state index contributed by atoms with van der Waals surface area (Å²) >= 11 is 7.49. The highest BCUT2D eigenvalue weighted by Crippen LogP contribution is 2.25. The lowest BCUT2D eigenvalue weighted by Gasteiger charge is -2.15. The van der Waals surface area contributed by atoms with E-state index in [-0.39, 0.29) is 17.9 Å². The van der Waals surface area contributed by atoms with Gasteiger partial charge in [-0.3, -0.25) is 14.6 Å². The molecular weight excluding hydrogens is 370 g/mol. The van der Waals surface area contributed by atoms with Crippen LogP contribution < -0.4 is 10.6 Å². The number of carbonyl (C=O) groups is 2. The van der Waals surface area contributed by atoms with Crippen molar-refractivity contribution < 1.29 is 9.59 Å². The van der Waals surface area contributed by atoms with Gasteiger partial charge in [-0.25, -0.2) is 0 Å². The van der Waals surface area contributed by atoms with Crippen molar-refractivity contribution in [3.05, 3.63) is 81.3 Å². The summed E-state index contributed by atoms with van der Waals surface area (Å²) in [5.41, 5.74) is 1.76. The van der Waals surface area contributed by atoms with E-state index in [9.17, 15) is 9.59 Å². The molecule has 5 nitrogen and oxygen atoms in total. The normalized spacial score (nSPS) is 11.6. The Hall–Kier alpha value is -2.70. The summed E-state index contributed by atoms with van der Waals surface area (Å²) in [6, 6.07) is 11.8. The average molecular weight is 386 g/mol. The number of benzene rings is 1. The number of amides is 2. The monoisotopic (exact) mass is 385 g/mol. The van der Waals surface area contributed by atoms with Crippen LogP contribution in [-0.4, -0.2) is 16.8 Å². The van der Waals surface area contributed by atoms with Gasteiger partial charge < -0.3 is 10.6 Å². The maximum Gasteiger partial charge on any atom is 0.265 e. The molecule has 1 unspecified atom stereocenters. The average Bonchev–Trinajstić information content (AvgIpc) is 3.19. The summed E-state index contributed by atoms with van der Waals surface area (Å²) in [6.07, 6.45) is 3.36. The van der Waals surface area contributed by atoms with Crippen molar-refractivity contribution in [1.29, 1.82) is 0 Å². The molecule has 0 spiro atoms. The Morgan fingerprint density at radius 2 is 1.88 bits per heavy atom. The topological polar surface area (TPSA) is 71.1 Å². The van der Waals surface area contributed by atoms with Crippen LogP contribution in [0, 0.1) is 0 Å². The standard InChI is InChI=1S/C19H16ClN3O2S/c1-12(13-6-8-21-9-7-13)22-18(24)14-4-5-15(20)16(11-14)23-19(25)17-3-2-10-26-17/h2-12H,1H3,(H,22,24)(H,23,25). The Morgan fingerprint density at radius 3 is 2.58 bits per heavy atom. The maximum atomic E-state index is 12.5. The van der Waals surface area contributed by atoms with Crippen LogP contribution in [0.2, 0.25) is 5.02 Å². The van der Waals surface area contributed by atoms with Crippen molar-refractivity contribution >= 4 is 40.4 Å². The number of hydrogen-bond donors (Lipinski definition) is 2. The molecule has 3 rings (SSSR count). The second kappa shape index (κ2) is 8.12. The van der Waals surface area contributed by atoms with E-state index < -0.39 is 0 Å². The summed E-state index contributed by atoms with van der Waals surface area (Å²) in [5, 5.41) is 7.85. The molecule has 132 valence electrons. The quantitative estimate of drug-likeness (QED) is 0.677. The molecule has 1 atom stereocenters. The van der Waals surface area contributed by atoms with Crippen LogP contribution in [0.1, 0.15) is 38.6 Å². The molecule has 26 heavy (non-hydrogen) atoms. The predicted molar refractivity (Wildman–Crippen MR) is 104 cm³/mol. The van der Waals surface area contributed by atoms with Gasteiger partial charge in [0.05, 0.1) is 21.6 Å². The van der Waals surface area contributed by atoms with E-state index in [0.717, 1.165) is 5.56 Å². The fraction of sp³-hybridized carbons (Fsp3) is 0.105. The Labute approximate surface area is 160 Å². The van der Waals surface area contributed by atoms with Gasteiger partial charge in [-0.05, 0) is 54.3 Å². The minimum Gasteiger partial charge on any atom is -0.346 e. The maximum absolute atomic E-state index is 12.5. The number of halogens is 1. The first kappa shape index (κ1) is 18.1. The summed E-state index contributed by atoms with van der Waals surface area (Å²) in [5.74, 6) is -0.512. The molecule has 2 N–H and O–H groups in total. The molecule has 0 aliphatic heterocycles. The minimum absolute atomic E-state index is 0.176. The van der Waals surface area contributed by atoms with Gasteiger partial charge in [0.2, 0.25) is 0 Å². The number of rotatable bonds is 5. The molecule has 0 bridgehead atoms. The predicted octanol–water partition coefficient (Wildman–Crippen LogP) is 4.54. The minimum atomic E-state index is -0.260. The van der Waals surface area contributed by atoms with E-state index >= 15 is 0 Å². The highest BCUT2D eigenvalue weighted by Gasteiger charge is 2.15. The van der Waals surface area contributed by atoms with E-state index in [1.165, 1.54) is 11.3 Å². The molecule has 2 amide bonds. The third-order valence-electron chi connectivity index (χ3n) is 3.78. The Balaban J connectivity index is 1.74. The summed E-state index contributed by atoms with van der Waals surface area (Å²) in [7, 11) is 0. The lowest BCUT2D eigenvalue weighted by atomic mass is 10.1. The van der Waals surface area contributed by atoms with Crippen molar-refractivity contribution in [3.8, 4) is 0 Å². The smallest absolute Gasteiger partial charge is 0.265 e. The highest BCUT2D eigenvalue weighted by atomic mass is 35.5. The van der Waals surface area contributed by atoms with Gasteiger partial charge in [-0.2, -0.15) is 0 Å². The molecule has 0 saturated heterocycles. The fourth-order valence-corrected chi connectivity index (χ4v) is 3.15. The lowest BCUT2D eigenvalue weighted by molar-refractivity contribution is 0.0938. The summed E-state index contributed by atoms with van der Waals surface area (Å²) in [6.45, 7) is 1.89. The van der Waals surface area contributed by atoms with Crippen LogP contribution >= 0.6 is 22.9 Å². The van der Waals surface area contributed by atoms with Crippen molar-refractivity contribution in [2.24, 2.45) is 0 Å². The molecule has 0 aliphatic carbocycles. The van der Waals surface area contributed by atoms with Crippen LogP contribution in [0.15, 0.2) is 60.2 Å². The Morgan fingerprint density at radius 1 is 1.12 bits per heavy atom. The third kappa shape index (κ3) is 4.28. The van der Waals surface area contributed by atoms with Gasteiger partial charge in [0, 0.05) is 18.0 Å². The fourth-order valence-electron chi connectivity index (χ4n) is 2.37. The Kier molecular flexibility index (Phi) is 5.65. The third-order valence-corrected chi connectivity index (χ3v) is 4.97. The van der Waals surface area contributed by atoms with Crippen molar-refractivity contribution in [2.45, 2.75) is 13.0 Å². The zero-order chi connectivity index (χ0) is 18.5. The number of nitrogens with one attached hydrogen (secondary N) is 2. The molecule has 0 aliphatic rings. The molecule has 2 aromatic heterocycles. The second-order valence-electron chi connectivity index (χ2n) is 5.60. The molecule has 1 aromatic carbocycles. The van der Waals surface area contributed by atoms with Gasteiger partial charge in [0.15, 0.2) is 0 Å². The van der Waals surface area contributed by atoms with E-state index in [0.29, 0.717) is 21.2 Å². The molecule has 3 aromatic rings. The van der Waals surface area contributed by atoms with Gasteiger partial charge in [0.1, 0.15) is 0 Å². The first-order chi connectivity index (χ1) is 12.5. The number of anilines is 1. The van der Waals surface area contributed by atoms with Gasteiger partial charge in [-0.15, -0.1) is 11.3 Å². The molecular formula is C19H16ClN3O2S. The van der Waals surface area contributed by atoms with Gasteiger partial charge in [0.25, 0.3) is 11.8 Å². The van der Waals surface area contributed by atoms with Crippen molar-refractivity contribution in [3.63, 3.8) is 0 Å². The lowest BCUT2D eigenvalue weighted by Crippen LogP contribution is -2.26. The zero-order valence-corrected chi connectivity index (χ0v) is 15.5. The molecule has 7 heteroatoms. The molecule has 0 fully saturated rings. The summed E-state index contributed by atoms with van der Waals surface area (Å²) < 4.78 is 0. The number of hydrogen-bond acceptors (Lipinski definition) is 4. The Bertz CT molecular complexity index is 914. The van der Waals surface area contributed by atoms with Crippen molar-refractivity contribution in [1.82, 2.24) is 10.3 Å². The van der Waals surface area contributed by atoms with Gasteiger partial charge >= 0.3 is 0 Å². The molecule has 0 saturated carbocycles. The van der Waals surface area contributed by atoms with E-state index in [1.807, 2.05) is 24.4 Å². The van der Waals surface area contributed by atoms with E-state index in [2.05, 4.69) is 15.6 Å². The highest BCUT2D eigenvalue weighted by molar-refractivity contribution is 7.12. The number of pyridine rings is 1. The van der Waals surface area contributed by atoms with E-state index in [1.54, 1.807) is 42.7 Å². The number of thiophene rings is 1. The van der Waals surface area contributed by atoms with Crippen LogP contribution in [0.5, 0.6) is 0 Å². The largest absolute Gasteiger partial charge is 0.346 e. The van der Waals surface area contributed by atoms with Crippen LogP contribution in [0.3, 0.4) is 0 Å². The first-order valence-electron chi connectivity index (χ1n) is 7.90. The van der Waals surface area contributed by atoms with Crippen LogP contribution in [0.25, 0.3) is 0 Å².